The first-order chi connectivity index (χ1) is 7.24. The summed E-state index contributed by atoms with van der Waals surface area (Å²) in [5, 5.41) is 3.64. The van der Waals surface area contributed by atoms with E-state index in [1.807, 2.05) is 0 Å². The molecule has 0 rings (SSSR count). The molecule has 0 spiro atoms. The normalized spacial score (nSPS) is 15.2. The van der Waals surface area contributed by atoms with Crippen LogP contribution in [0.3, 0.4) is 0 Å². The monoisotopic (exact) mass is 215 g/mol. The van der Waals surface area contributed by atoms with Gasteiger partial charge in [0.25, 0.3) is 0 Å². The largest absolute Gasteiger partial charge is 0.385 e. The summed E-state index contributed by atoms with van der Waals surface area (Å²) in [6, 6.07) is 0.690. The fourth-order valence-electron chi connectivity index (χ4n) is 1.78. The number of methoxy groups -OCH3 is 1. The molecule has 2 unspecified atom stereocenters. The molecule has 0 saturated carbocycles. The maximum atomic E-state index is 5.10. The van der Waals surface area contributed by atoms with Crippen LogP contribution in [0.4, 0.5) is 0 Å². The van der Waals surface area contributed by atoms with E-state index in [0.29, 0.717) is 6.04 Å². The molecule has 0 radical (unpaired) electrons. The fraction of sp³-hybridized carbons (Fsp3) is 1.00. The Morgan fingerprint density at radius 2 is 2.00 bits per heavy atom. The molecule has 15 heavy (non-hydrogen) atoms. The lowest BCUT2D eigenvalue weighted by atomic mass is 9.96. The number of nitrogens with one attached hydrogen (secondary N) is 1. The summed E-state index contributed by atoms with van der Waals surface area (Å²) in [6.45, 7) is 8.88. The molecule has 0 saturated heterocycles. The third kappa shape index (κ3) is 8.88. The first-order valence-corrected chi connectivity index (χ1v) is 6.46. The molecule has 0 aromatic carbocycles. The van der Waals surface area contributed by atoms with Crippen LogP contribution in [0.25, 0.3) is 0 Å². The van der Waals surface area contributed by atoms with Crippen molar-refractivity contribution < 1.29 is 4.74 Å². The Bertz CT molecular complexity index is 128. The summed E-state index contributed by atoms with van der Waals surface area (Å²) in [5.41, 5.74) is 0. The summed E-state index contributed by atoms with van der Waals surface area (Å²) < 4.78 is 5.10. The van der Waals surface area contributed by atoms with E-state index in [4.69, 9.17) is 4.74 Å². The third-order valence-electron chi connectivity index (χ3n) is 2.97. The molecule has 0 heterocycles. The summed E-state index contributed by atoms with van der Waals surface area (Å²) in [4.78, 5) is 0. The van der Waals surface area contributed by atoms with Gasteiger partial charge < -0.3 is 10.1 Å². The average molecular weight is 215 g/mol. The highest BCUT2D eigenvalue weighted by Gasteiger charge is 2.10. The predicted molar refractivity (Wildman–Crippen MR) is 67.3 cm³/mol. The molecule has 2 heteroatoms. The lowest BCUT2D eigenvalue weighted by Crippen LogP contribution is -2.31. The molecule has 0 aliphatic heterocycles. The molecule has 0 aromatic heterocycles. The molecular weight excluding hydrogens is 186 g/mol. The zero-order valence-electron chi connectivity index (χ0n) is 11.0. The molecule has 0 fully saturated rings. The minimum atomic E-state index is 0.690. The van der Waals surface area contributed by atoms with Gasteiger partial charge in [-0.3, -0.25) is 0 Å². The highest BCUT2D eigenvalue weighted by molar-refractivity contribution is 4.69. The zero-order chi connectivity index (χ0) is 11.5. The Kier molecular flexibility index (Phi) is 10.4. The molecule has 2 atom stereocenters. The Hall–Kier alpha value is -0.0800. The maximum Gasteiger partial charge on any atom is 0.0462 e. The number of ether oxygens (including phenoxy) is 1. The van der Waals surface area contributed by atoms with Crippen LogP contribution in [0.1, 0.15) is 52.9 Å². The van der Waals surface area contributed by atoms with Crippen molar-refractivity contribution in [3.8, 4) is 0 Å². The van der Waals surface area contributed by atoms with Crippen molar-refractivity contribution in [2.75, 3.05) is 20.3 Å². The second-order valence-electron chi connectivity index (χ2n) is 4.54. The van der Waals surface area contributed by atoms with E-state index in [1.165, 1.54) is 32.1 Å². The van der Waals surface area contributed by atoms with Crippen LogP contribution in [0.15, 0.2) is 0 Å². The van der Waals surface area contributed by atoms with Crippen LogP contribution in [-0.4, -0.2) is 26.3 Å². The quantitative estimate of drug-likeness (QED) is 0.565. The molecule has 0 aliphatic carbocycles. The lowest BCUT2D eigenvalue weighted by molar-refractivity contribution is 0.186. The Morgan fingerprint density at radius 1 is 1.27 bits per heavy atom. The fourth-order valence-corrected chi connectivity index (χ4v) is 1.78. The number of rotatable bonds is 10. The van der Waals surface area contributed by atoms with Gasteiger partial charge in [-0.1, -0.05) is 27.2 Å². The topological polar surface area (TPSA) is 21.3 Å². The van der Waals surface area contributed by atoms with Crippen molar-refractivity contribution in [2.45, 2.75) is 58.9 Å². The minimum Gasteiger partial charge on any atom is -0.385 e. The minimum absolute atomic E-state index is 0.690. The predicted octanol–water partition coefficient (Wildman–Crippen LogP) is 3.22. The van der Waals surface area contributed by atoms with Gasteiger partial charge in [-0.2, -0.15) is 0 Å². The Morgan fingerprint density at radius 3 is 2.53 bits per heavy atom. The van der Waals surface area contributed by atoms with E-state index < -0.39 is 0 Å². The standard InChI is InChI=1S/C13H29NO/c1-5-9-14-13(8-7-10-15-4)11-12(3)6-2/h12-14H,5-11H2,1-4H3. The summed E-state index contributed by atoms with van der Waals surface area (Å²) in [7, 11) is 1.78. The molecule has 0 bridgehead atoms. The SMILES string of the molecule is CCCNC(CCCOC)CC(C)CC. The van der Waals surface area contributed by atoms with E-state index >= 15 is 0 Å². The zero-order valence-corrected chi connectivity index (χ0v) is 11.0. The molecule has 92 valence electrons. The Labute approximate surface area is 95.8 Å². The van der Waals surface area contributed by atoms with Gasteiger partial charge in [-0.25, -0.2) is 0 Å². The molecular formula is C13H29NO. The lowest BCUT2D eigenvalue weighted by Gasteiger charge is -2.21. The van der Waals surface area contributed by atoms with E-state index in [0.717, 1.165) is 19.1 Å². The van der Waals surface area contributed by atoms with Gasteiger partial charge in [0.05, 0.1) is 0 Å². The van der Waals surface area contributed by atoms with E-state index in [1.54, 1.807) is 7.11 Å². The van der Waals surface area contributed by atoms with Crippen LogP contribution in [0.5, 0.6) is 0 Å². The van der Waals surface area contributed by atoms with E-state index in [2.05, 4.69) is 26.1 Å². The second kappa shape index (κ2) is 10.4. The maximum absolute atomic E-state index is 5.10. The summed E-state index contributed by atoms with van der Waals surface area (Å²) in [5.74, 6) is 0.835. The van der Waals surface area contributed by atoms with Gasteiger partial charge in [0.1, 0.15) is 0 Å². The number of hydrogen-bond donors (Lipinski definition) is 1. The van der Waals surface area contributed by atoms with Crippen LogP contribution >= 0.6 is 0 Å². The van der Waals surface area contributed by atoms with Crippen molar-refractivity contribution in [1.82, 2.24) is 5.32 Å². The summed E-state index contributed by atoms with van der Waals surface area (Å²) >= 11 is 0. The van der Waals surface area contributed by atoms with Crippen molar-refractivity contribution in [3.63, 3.8) is 0 Å². The Balaban J connectivity index is 3.72. The third-order valence-corrected chi connectivity index (χ3v) is 2.97. The highest BCUT2D eigenvalue weighted by Crippen LogP contribution is 2.13. The smallest absolute Gasteiger partial charge is 0.0462 e. The first kappa shape index (κ1) is 14.9. The van der Waals surface area contributed by atoms with E-state index in [-0.39, 0.29) is 0 Å². The molecule has 2 nitrogen and oxygen atoms in total. The van der Waals surface area contributed by atoms with Gasteiger partial charge in [-0.05, 0) is 38.1 Å². The van der Waals surface area contributed by atoms with Crippen molar-refractivity contribution >= 4 is 0 Å². The molecule has 1 N–H and O–H groups in total. The van der Waals surface area contributed by atoms with Crippen molar-refractivity contribution in [2.24, 2.45) is 5.92 Å². The van der Waals surface area contributed by atoms with Gasteiger partial charge >= 0.3 is 0 Å². The molecule has 0 amide bonds. The van der Waals surface area contributed by atoms with E-state index in [9.17, 15) is 0 Å². The van der Waals surface area contributed by atoms with Crippen molar-refractivity contribution in [1.29, 1.82) is 0 Å². The van der Waals surface area contributed by atoms with Crippen LogP contribution in [-0.2, 0) is 4.74 Å². The van der Waals surface area contributed by atoms with Crippen LogP contribution in [0.2, 0.25) is 0 Å². The van der Waals surface area contributed by atoms with Gasteiger partial charge in [0, 0.05) is 19.8 Å². The van der Waals surface area contributed by atoms with Crippen molar-refractivity contribution in [3.05, 3.63) is 0 Å². The van der Waals surface area contributed by atoms with Gasteiger partial charge in [0.15, 0.2) is 0 Å². The summed E-state index contributed by atoms with van der Waals surface area (Å²) in [6.07, 6.45) is 6.24. The average Bonchev–Trinajstić information content (AvgIpc) is 2.25. The second-order valence-corrected chi connectivity index (χ2v) is 4.54. The van der Waals surface area contributed by atoms with Crippen LogP contribution < -0.4 is 5.32 Å². The molecule has 0 aromatic rings. The number of hydrogen-bond acceptors (Lipinski definition) is 2. The van der Waals surface area contributed by atoms with Gasteiger partial charge in [-0.15, -0.1) is 0 Å². The highest BCUT2D eigenvalue weighted by atomic mass is 16.5. The first-order valence-electron chi connectivity index (χ1n) is 6.46. The molecule has 0 aliphatic rings. The van der Waals surface area contributed by atoms with Crippen LogP contribution in [0, 0.1) is 5.92 Å². The van der Waals surface area contributed by atoms with Gasteiger partial charge in [0.2, 0.25) is 0 Å².